The van der Waals surface area contributed by atoms with Crippen molar-refractivity contribution in [2.45, 2.75) is 32.6 Å². The summed E-state index contributed by atoms with van der Waals surface area (Å²) in [5.74, 6) is 1.10. The number of para-hydroxylation sites is 1. The number of amides is 2. The molecule has 1 fully saturated rings. The molecule has 0 bridgehead atoms. The molecular weight excluding hydrogens is 368 g/mol. The highest BCUT2D eigenvalue weighted by Crippen LogP contribution is 2.35. The Morgan fingerprint density at radius 2 is 1.93 bits per heavy atom. The van der Waals surface area contributed by atoms with E-state index in [0.29, 0.717) is 42.9 Å². The highest BCUT2D eigenvalue weighted by Gasteiger charge is 2.36. The van der Waals surface area contributed by atoms with Gasteiger partial charge in [-0.15, -0.1) is 0 Å². The van der Waals surface area contributed by atoms with E-state index >= 15 is 0 Å². The highest BCUT2D eigenvalue weighted by molar-refractivity contribution is 6.04. The number of carbonyl (C=O) groups excluding carboxylic acids is 2. The minimum atomic E-state index is -0.388. The second kappa shape index (κ2) is 8.15. The number of hydrogen-bond donors (Lipinski definition) is 1. The summed E-state index contributed by atoms with van der Waals surface area (Å²) in [4.78, 5) is 27.3. The molecular formula is C23H26N2O4. The minimum absolute atomic E-state index is 0.0110. The van der Waals surface area contributed by atoms with Gasteiger partial charge in [-0.2, -0.15) is 0 Å². The standard InChI is InChI=1S/C23H26N2O4/c1-3-15(2)18-6-4-5-7-19(18)25-14-16(12-22(25)26)23(27)24-17-8-9-20-21(13-17)29-11-10-28-20/h4-9,13,15-16H,3,10-12,14H2,1-2H3,(H,24,27)/t15-,16-/m1/s1. The van der Waals surface area contributed by atoms with Gasteiger partial charge in [-0.1, -0.05) is 32.0 Å². The zero-order valence-corrected chi connectivity index (χ0v) is 16.8. The second-order valence-electron chi connectivity index (χ2n) is 7.62. The molecule has 0 aromatic heterocycles. The molecule has 1 N–H and O–H groups in total. The smallest absolute Gasteiger partial charge is 0.229 e. The van der Waals surface area contributed by atoms with Crippen LogP contribution >= 0.6 is 0 Å². The lowest BCUT2D eigenvalue weighted by atomic mass is 9.96. The maximum atomic E-state index is 12.8. The number of carbonyl (C=O) groups is 2. The van der Waals surface area contributed by atoms with E-state index in [4.69, 9.17) is 9.47 Å². The van der Waals surface area contributed by atoms with Crippen molar-refractivity contribution in [3.8, 4) is 11.5 Å². The van der Waals surface area contributed by atoms with E-state index in [9.17, 15) is 9.59 Å². The van der Waals surface area contributed by atoms with E-state index < -0.39 is 0 Å². The summed E-state index contributed by atoms with van der Waals surface area (Å²) in [7, 11) is 0. The number of nitrogens with zero attached hydrogens (tertiary/aromatic N) is 1. The molecule has 1 saturated heterocycles. The molecule has 2 aromatic carbocycles. The predicted octanol–water partition coefficient (Wildman–Crippen LogP) is 3.96. The van der Waals surface area contributed by atoms with Gasteiger partial charge in [-0.05, 0) is 36.1 Å². The van der Waals surface area contributed by atoms with E-state index in [1.165, 1.54) is 0 Å². The van der Waals surface area contributed by atoms with E-state index in [-0.39, 0.29) is 24.2 Å². The van der Waals surface area contributed by atoms with Crippen molar-refractivity contribution in [1.29, 1.82) is 0 Å². The molecule has 29 heavy (non-hydrogen) atoms. The molecule has 0 aliphatic carbocycles. The van der Waals surface area contributed by atoms with Crippen molar-refractivity contribution in [3.63, 3.8) is 0 Å². The van der Waals surface area contributed by atoms with Crippen LogP contribution in [0.2, 0.25) is 0 Å². The summed E-state index contributed by atoms with van der Waals surface area (Å²) >= 11 is 0. The van der Waals surface area contributed by atoms with Crippen molar-refractivity contribution < 1.29 is 19.1 Å². The van der Waals surface area contributed by atoms with Crippen molar-refractivity contribution in [3.05, 3.63) is 48.0 Å². The molecule has 2 aliphatic rings. The van der Waals surface area contributed by atoms with Crippen LogP contribution in [0.4, 0.5) is 11.4 Å². The molecule has 2 amide bonds. The third kappa shape index (κ3) is 3.92. The topological polar surface area (TPSA) is 67.9 Å². The molecule has 0 unspecified atom stereocenters. The van der Waals surface area contributed by atoms with Crippen molar-refractivity contribution in [1.82, 2.24) is 0 Å². The first-order valence-corrected chi connectivity index (χ1v) is 10.2. The molecule has 0 saturated carbocycles. The highest BCUT2D eigenvalue weighted by atomic mass is 16.6. The van der Waals surface area contributed by atoms with Gasteiger partial charge in [-0.3, -0.25) is 9.59 Å². The number of rotatable bonds is 5. The van der Waals surface area contributed by atoms with Gasteiger partial charge in [0, 0.05) is 30.4 Å². The molecule has 2 aliphatic heterocycles. The summed E-state index contributed by atoms with van der Waals surface area (Å²) in [6.07, 6.45) is 1.21. The Morgan fingerprint density at radius 1 is 1.17 bits per heavy atom. The van der Waals surface area contributed by atoms with Gasteiger partial charge in [0.25, 0.3) is 0 Å². The lowest BCUT2D eigenvalue weighted by molar-refractivity contribution is -0.122. The fourth-order valence-corrected chi connectivity index (χ4v) is 3.85. The summed E-state index contributed by atoms with van der Waals surface area (Å²) in [5, 5.41) is 2.92. The first kappa shape index (κ1) is 19.3. The van der Waals surface area contributed by atoms with Crippen LogP contribution in [0.1, 0.15) is 38.2 Å². The molecule has 2 aromatic rings. The molecule has 6 heteroatoms. The second-order valence-corrected chi connectivity index (χ2v) is 7.62. The van der Waals surface area contributed by atoms with Crippen LogP contribution in [0, 0.1) is 5.92 Å². The van der Waals surface area contributed by atoms with Crippen molar-refractivity contribution in [2.24, 2.45) is 5.92 Å². The minimum Gasteiger partial charge on any atom is -0.486 e. The molecule has 6 nitrogen and oxygen atoms in total. The van der Waals surface area contributed by atoms with Crippen LogP contribution in [0.25, 0.3) is 0 Å². The Balaban J connectivity index is 1.48. The Morgan fingerprint density at radius 3 is 2.72 bits per heavy atom. The molecule has 4 rings (SSSR count). The first-order chi connectivity index (χ1) is 14.1. The van der Waals surface area contributed by atoms with Gasteiger partial charge < -0.3 is 19.7 Å². The quantitative estimate of drug-likeness (QED) is 0.833. The SMILES string of the molecule is CC[C@@H](C)c1ccccc1N1C[C@H](C(=O)Nc2ccc3c(c2)OCCO3)CC1=O. The van der Waals surface area contributed by atoms with Crippen LogP contribution < -0.4 is 19.7 Å². The van der Waals surface area contributed by atoms with Crippen LogP contribution in [0.3, 0.4) is 0 Å². The monoisotopic (exact) mass is 394 g/mol. The lowest BCUT2D eigenvalue weighted by Crippen LogP contribution is -2.29. The first-order valence-electron chi connectivity index (χ1n) is 10.2. The Kier molecular flexibility index (Phi) is 5.43. The van der Waals surface area contributed by atoms with Gasteiger partial charge in [0.1, 0.15) is 13.2 Å². The molecule has 2 atom stereocenters. The number of fused-ring (bicyclic) bond motifs is 1. The number of ether oxygens (including phenoxy) is 2. The molecule has 0 spiro atoms. The van der Waals surface area contributed by atoms with E-state index in [0.717, 1.165) is 17.7 Å². The van der Waals surface area contributed by atoms with Crippen molar-refractivity contribution >= 4 is 23.2 Å². The fraction of sp³-hybridized carbons (Fsp3) is 0.391. The maximum Gasteiger partial charge on any atom is 0.229 e. The number of benzene rings is 2. The Labute approximate surface area is 170 Å². The van der Waals surface area contributed by atoms with Gasteiger partial charge in [-0.25, -0.2) is 0 Å². The van der Waals surface area contributed by atoms with Crippen LogP contribution in [-0.4, -0.2) is 31.6 Å². The summed E-state index contributed by atoms with van der Waals surface area (Å²) in [5.41, 5.74) is 2.71. The predicted molar refractivity (Wildman–Crippen MR) is 112 cm³/mol. The van der Waals surface area contributed by atoms with Gasteiger partial charge in [0.2, 0.25) is 11.8 Å². The lowest BCUT2D eigenvalue weighted by Gasteiger charge is -2.23. The Bertz CT molecular complexity index is 927. The summed E-state index contributed by atoms with van der Waals surface area (Å²) in [6, 6.07) is 13.3. The van der Waals surface area contributed by atoms with E-state index in [1.54, 1.807) is 23.1 Å². The third-order valence-electron chi connectivity index (χ3n) is 5.68. The summed E-state index contributed by atoms with van der Waals surface area (Å²) in [6.45, 7) is 5.70. The molecule has 0 radical (unpaired) electrons. The van der Waals surface area contributed by atoms with Crippen LogP contribution in [0.5, 0.6) is 11.5 Å². The van der Waals surface area contributed by atoms with Gasteiger partial charge in [0.05, 0.1) is 5.92 Å². The number of hydrogen-bond acceptors (Lipinski definition) is 4. The number of anilines is 2. The third-order valence-corrected chi connectivity index (χ3v) is 5.68. The zero-order chi connectivity index (χ0) is 20.4. The molecule has 152 valence electrons. The average molecular weight is 394 g/mol. The summed E-state index contributed by atoms with van der Waals surface area (Å²) < 4.78 is 11.1. The maximum absolute atomic E-state index is 12.8. The Hall–Kier alpha value is -3.02. The van der Waals surface area contributed by atoms with Crippen molar-refractivity contribution in [2.75, 3.05) is 30.0 Å². The normalized spacial score (nSPS) is 19.2. The van der Waals surface area contributed by atoms with E-state index in [2.05, 4.69) is 25.2 Å². The van der Waals surface area contributed by atoms with Crippen LogP contribution in [0.15, 0.2) is 42.5 Å². The zero-order valence-electron chi connectivity index (χ0n) is 16.8. The van der Waals surface area contributed by atoms with Crippen LogP contribution in [-0.2, 0) is 9.59 Å². The number of nitrogens with one attached hydrogen (secondary N) is 1. The van der Waals surface area contributed by atoms with Gasteiger partial charge >= 0.3 is 0 Å². The van der Waals surface area contributed by atoms with E-state index in [1.807, 2.05) is 18.2 Å². The average Bonchev–Trinajstić information content (AvgIpc) is 3.14. The molecule has 2 heterocycles. The van der Waals surface area contributed by atoms with Gasteiger partial charge in [0.15, 0.2) is 11.5 Å². The largest absolute Gasteiger partial charge is 0.486 e. The fourth-order valence-electron chi connectivity index (χ4n) is 3.85.